The zero-order chi connectivity index (χ0) is 21.7. The summed E-state index contributed by atoms with van der Waals surface area (Å²) in [5.74, 6) is -0.400. The maximum Gasteiger partial charge on any atom is 0.271 e. The first-order valence-electron chi connectivity index (χ1n) is 9.03. The van der Waals surface area contributed by atoms with Crippen molar-refractivity contribution in [1.29, 1.82) is 0 Å². The van der Waals surface area contributed by atoms with Crippen molar-refractivity contribution in [1.82, 2.24) is 5.43 Å². The third-order valence-corrected chi connectivity index (χ3v) is 6.53. The lowest BCUT2D eigenvalue weighted by molar-refractivity contribution is 0.0955. The third kappa shape index (κ3) is 4.87. The van der Waals surface area contributed by atoms with Crippen molar-refractivity contribution in [2.24, 2.45) is 5.10 Å². The molecule has 0 aliphatic heterocycles. The molecule has 0 aliphatic rings. The molecule has 0 aromatic heterocycles. The Balaban J connectivity index is 1.71. The molecule has 0 unspecified atom stereocenters. The van der Waals surface area contributed by atoms with Crippen molar-refractivity contribution in [3.8, 4) is 0 Å². The number of sulfonamides is 1. The lowest BCUT2D eigenvalue weighted by Gasteiger charge is -2.19. The Morgan fingerprint density at radius 3 is 2.07 bits per heavy atom. The molecule has 6 nitrogen and oxygen atoms in total. The molecule has 0 radical (unpaired) electrons. The van der Waals surface area contributed by atoms with E-state index in [-0.39, 0.29) is 4.90 Å². The molecule has 0 aliphatic carbocycles. The zero-order valence-corrected chi connectivity index (χ0v) is 18.0. The first-order chi connectivity index (χ1) is 14.3. The van der Waals surface area contributed by atoms with Crippen LogP contribution in [0.15, 0.2) is 88.9 Å². The fourth-order valence-electron chi connectivity index (χ4n) is 2.67. The molecule has 1 amide bonds. The number of hydrazone groups is 1. The van der Waals surface area contributed by atoms with Crippen LogP contribution in [0.2, 0.25) is 5.02 Å². The summed E-state index contributed by atoms with van der Waals surface area (Å²) in [5, 5.41) is 4.72. The molecule has 3 rings (SSSR count). The van der Waals surface area contributed by atoms with Crippen LogP contribution in [-0.4, -0.2) is 27.1 Å². The van der Waals surface area contributed by atoms with Gasteiger partial charge in [-0.05, 0) is 61.0 Å². The van der Waals surface area contributed by atoms with Gasteiger partial charge < -0.3 is 0 Å². The van der Waals surface area contributed by atoms with E-state index in [4.69, 9.17) is 11.6 Å². The minimum Gasteiger partial charge on any atom is -0.269 e. The number of hydrogen-bond acceptors (Lipinski definition) is 4. The van der Waals surface area contributed by atoms with E-state index in [1.165, 1.54) is 23.5 Å². The molecular weight excluding hydrogens is 422 g/mol. The molecule has 8 heteroatoms. The topological polar surface area (TPSA) is 78.8 Å². The molecule has 3 aromatic carbocycles. The minimum absolute atomic E-state index is 0.196. The third-order valence-electron chi connectivity index (χ3n) is 4.48. The van der Waals surface area contributed by atoms with Gasteiger partial charge in [0.1, 0.15) is 0 Å². The van der Waals surface area contributed by atoms with E-state index in [0.717, 1.165) is 5.56 Å². The number of nitrogens with zero attached hydrogens (tertiary/aromatic N) is 2. The van der Waals surface area contributed by atoms with E-state index >= 15 is 0 Å². The standard InChI is InChI=1S/C22H20ClN3O3S/c1-16(17-8-12-19(23)13-9-17)24-25-22(27)18-10-14-20(15-11-18)26(2)30(28,29)21-6-4-3-5-7-21/h3-15H,1-2H3,(H,25,27)/b24-16+. The van der Waals surface area contributed by atoms with Crippen LogP contribution in [0.3, 0.4) is 0 Å². The Bertz CT molecular complexity index is 1160. The van der Waals surface area contributed by atoms with Gasteiger partial charge in [-0.15, -0.1) is 0 Å². The fourth-order valence-corrected chi connectivity index (χ4v) is 4.01. The summed E-state index contributed by atoms with van der Waals surface area (Å²) in [6.45, 7) is 1.77. The lowest BCUT2D eigenvalue weighted by atomic mass is 10.1. The highest BCUT2D eigenvalue weighted by Crippen LogP contribution is 2.22. The van der Waals surface area contributed by atoms with Crippen LogP contribution in [0.25, 0.3) is 0 Å². The van der Waals surface area contributed by atoms with Gasteiger partial charge in [-0.2, -0.15) is 5.10 Å². The summed E-state index contributed by atoms with van der Waals surface area (Å²) in [6.07, 6.45) is 0. The Hall–Kier alpha value is -3.16. The van der Waals surface area contributed by atoms with Gasteiger partial charge in [0.15, 0.2) is 0 Å². The first kappa shape index (κ1) is 21.5. The molecule has 0 saturated heterocycles. The van der Waals surface area contributed by atoms with Gasteiger partial charge >= 0.3 is 0 Å². The number of anilines is 1. The lowest BCUT2D eigenvalue weighted by Crippen LogP contribution is -2.26. The molecule has 30 heavy (non-hydrogen) atoms. The van der Waals surface area contributed by atoms with E-state index in [1.54, 1.807) is 61.5 Å². The smallest absolute Gasteiger partial charge is 0.269 e. The quantitative estimate of drug-likeness (QED) is 0.457. The summed E-state index contributed by atoms with van der Waals surface area (Å²) in [5.41, 5.74) is 4.77. The van der Waals surface area contributed by atoms with E-state index in [2.05, 4.69) is 10.5 Å². The largest absolute Gasteiger partial charge is 0.271 e. The van der Waals surface area contributed by atoms with Crippen molar-refractivity contribution >= 4 is 38.9 Å². The normalized spacial score (nSPS) is 11.8. The monoisotopic (exact) mass is 441 g/mol. The van der Waals surface area contributed by atoms with Gasteiger partial charge in [0.2, 0.25) is 0 Å². The average Bonchev–Trinajstić information content (AvgIpc) is 2.78. The number of carbonyl (C=O) groups excluding carboxylic acids is 1. The highest BCUT2D eigenvalue weighted by molar-refractivity contribution is 7.92. The highest BCUT2D eigenvalue weighted by Gasteiger charge is 2.21. The summed E-state index contributed by atoms with van der Waals surface area (Å²) in [7, 11) is -2.21. The van der Waals surface area contributed by atoms with Crippen LogP contribution >= 0.6 is 11.6 Å². The Labute approximate surface area is 180 Å². The number of carbonyl (C=O) groups is 1. The second kappa shape index (κ2) is 9.11. The van der Waals surface area contributed by atoms with E-state index in [0.29, 0.717) is 22.0 Å². The molecule has 0 fully saturated rings. The number of amides is 1. The molecule has 0 spiro atoms. The zero-order valence-electron chi connectivity index (χ0n) is 16.4. The van der Waals surface area contributed by atoms with Crippen LogP contribution in [0.4, 0.5) is 5.69 Å². The number of nitrogens with one attached hydrogen (secondary N) is 1. The second-order valence-electron chi connectivity index (χ2n) is 6.48. The first-order valence-corrected chi connectivity index (χ1v) is 10.9. The minimum atomic E-state index is -3.68. The van der Waals surface area contributed by atoms with Crippen molar-refractivity contribution in [2.75, 3.05) is 11.4 Å². The number of rotatable bonds is 6. The second-order valence-corrected chi connectivity index (χ2v) is 8.88. The van der Waals surface area contributed by atoms with Crippen LogP contribution in [0.1, 0.15) is 22.8 Å². The molecule has 1 N–H and O–H groups in total. The van der Waals surface area contributed by atoms with Crippen molar-refractivity contribution in [3.05, 3.63) is 95.0 Å². The number of halogens is 1. The summed E-state index contributed by atoms with van der Waals surface area (Å²) in [4.78, 5) is 12.6. The summed E-state index contributed by atoms with van der Waals surface area (Å²) in [6, 6.07) is 21.5. The van der Waals surface area contributed by atoms with Crippen LogP contribution in [0.5, 0.6) is 0 Å². The fraction of sp³-hybridized carbons (Fsp3) is 0.0909. The maximum absolute atomic E-state index is 12.7. The van der Waals surface area contributed by atoms with E-state index in [9.17, 15) is 13.2 Å². The highest BCUT2D eigenvalue weighted by atomic mass is 35.5. The van der Waals surface area contributed by atoms with Crippen molar-refractivity contribution in [3.63, 3.8) is 0 Å². The molecule has 0 saturated carbocycles. The number of benzene rings is 3. The van der Waals surface area contributed by atoms with Crippen molar-refractivity contribution < 1.29 is 13.2 Å². The van der Waals surface area contributed by atoms with Gasteiger partial charge in [-0.1, -0.05) is 41.9 Å². The van der Waals surface area contributed by atoms with Crippen molar-refractivity contribution in [2.45, 2.75) is 11.8 Å². The number of hydrogen-bond donors (Lipinski definition) is 1. The molecule has 0 heterocycles. The molecule has 3 aromatic rings. The van der Waals surface area contributed by atoms with Gasteiger partial charge in [-0.25, -0.2) is 13.8 Å². The molecule has 0 atom stereocenters. The van der Waals surface area contributed by atoms with Crippen LogP contribution in [-0.2, 0) is 10.0 Å². The Kier molecular flexibility index (Phi) is 6.54. The Morgan fingerprint density at radius 2 is 1.47 bits per heavy atom. The predicted octanol–water partition coefficient (Wildman–Crippen LogP) is 4.32. The average molecular weight is 442 g/mol. The van der Waals surface area contributed by atoms with Gasteiger partial charge in [0.25, 0.3) is 15.9 Å². The molecule has 154 valence electrons. The van der Waals surface area contributed by atoms with Gasteiger partial charge in [-0.3, -0.25) is 9.10 Å². The predicted molar refractivity (Wildman–Crippen MR) is 120 cm³/mol. The maximum atomic E-state index is 12.7. The van der Waals surface area contributed by atoms with Gasteiger partial charge in [0.05, 0.1) is 16.3 Å². The van der Waals surface area contributed by atoms with Gasteiger partial charge in [0, 0.05) is 17.6 Å². The molecule has 0 bridgehead atoms. The summed E-state index contributed by atoms with van der Waals surface area (Å²) >= 11 is 5.87. The van der Waals surface area contributed by atoms with Crippen LogP contribution in [0, 0.1) is 0 Å². The van der Waals surface area contributed by atoms with E-state index in [1.807, 2.05) is 12.1 Å². The Morgan fingerprint density at radius 1 is 0.900 bits per heavy atom. The summed E-state index contributed by atoms with van der Waals surface area (Å²) < 4.78 is 26.6. The SMILES string of the molecule is C/C(=N\NC(=O)c1ccc(N(C)S(=O)(=O)c2ccccc2)cc1)c1ccc(Cl)cc1. The van der Waals surface area contributed by atoms with Crippen LogP contribution < -0.4 is 9.73 Å². The van der Waals surface area contributed by atoms with E-state index < -0.39 is 15.9 Å². The molecular formula is C22H20ClN3O3S.